The standard InChI is InChI=1S/C24H30N6O2/c1-28-17-19(15-27-28)21-16-26-22-24(10-14-30(21)22)8-12-29(13-9-24)23(31)25-11-7-18-3-5-20(32-2)6-4-18/h3-6,15-17H,7-14H2,1-2H3,(H,25,31). The number of urea groups is 1. The quantitative estimate of drug-likeness (QED) is 0.670. The molecule has 2 aliphatic rings. The van der Waals surface area contributed by atoms with Gasteiger partial charge in [0.15, 0.2) is 0 Å². The largest absolute Gasteiger partial charge is 0.497 e. The smallest absolute Gasteiger partial charge is 0.317 e. The molecule has 1 fully saturated rings. The predicted molar refractivity (Wildman–Crippen MR) is 122 cm³/mol. The second-order valence-electron chi connectivity index (χ2n) is 8.87. The lowest BCUT2D eigenvalue weighted by Crippen LogP contribution is -2.48. The van der Waals surface area contributed by atoms with E-state index in [1.54, 1.807) is 7.11 Å². The van der Waals surface area contributed by atoms with Gasteiger partial charge >= 0.3 is 6.03 Å². The molecule has 32 heavy (non-hydrogen) atoms. The molecule has 8 heteroatoms. The molecule has 5 rings (SSSR count). The summed E-state index contributed by atoms with van der Waals surface area (Å²) in [7, 11) is 3.60. The number of aryl methyl sites for hydroxylation is 1. The summed E-state index contributed by atoms with van der Waals surface area (Å²) in [5.41, 5.74) is 3.52. The summed E-state index contributed by atoms with van der Waals surface area (Å²) in [6.07, 6.45) is 9.73. The number of carbonyl (C=O) groups is 1. The van der Waals surface area contributed by atoms with E-state index in [4.69, 9.17) is 9.72 Å². The molecule has 0 radical (unpaired) electrons. The number of aromatic nitrogens is 4. The highest BCUT2D eigenvalue weighted by molar-refractivity contribution is 5.74. The van der Waals surface area contributed by atoms with Gasteiger partial charge in [0.1, 0.15) is 11.6 Å². The van der Waals surface area contributed by atoms with Gasteiger partial charge in [0, 0.05) is 50.4 Å². The van der Waals surface area contributed by atoms with E-state index in [1.165, 1.54) is 11.4 Å². The summed E-state index contributed by atoms with van der Waals surface area (Å²) < 4.78 is 9.37. The van der Waals surface area contributed by atoms with Crippen LogP contribution in [-0.2, 0) is 25.4 Å². The van der Waals surface area contributed by atoms with Crippen LogP contribution in [0.25, 0.3) is 11.3 Å². The van der Waals surface area contributed by atoms with Gasteiger partial charge in [-0.2, -0.15) is 5.10 Å². The summed E-state index contributed by atoms with van der Waals surface area (Å²) >= 11 is 0. The van der Waals surface area contributed by atoms with Crippen LogP contribution in [0.4, 0.5) is 4.79 Å². The molecule has 2 aliphatic heterocycles. The summed E-state index contributed by atoms with van der Waals surface area (Å²) in [4.78, 5) is 19.5. The van der Waals surface area contributed by atoms with Gasteiger partial charge in [-0.3, -0.25) is 4.68 Å². The maximum atomic E-state index is 12.7. The summed E-state index contributed by atoms with van der Waals surface area (Å²) in [6, 6.07) is 8.01. The van der Waals surface area contributed by atoms with E-state index in [2.05, 4.69) is 15.0 Å². The number of imidazole rings is 1. The fourth-order valence-corrected chi connectivity index (χ4v) is 5.08. The Morgan fingerprint density at radius 3 is 2.56 bits per heavy atom. The Kier molecular flexibility index (Phi) is 5.36. The lowest BCUT2D eigenvalue weighted by atomic mass is 9.77. The van der Waals surface area contributed by atoms with Gasteiger partial charge in [0.05, 0.1) is 25.2 Å². The number of piperidine rings is 1. The molecule has 8 nitrogen and oxygen atoms in total. The van der Waals surface area contributed by atoms with Gasteiger partial charge in [0.25, 0.3) is 0 Å². The third-order valence-corrected chi connectivity index (χ3v) is 7.00. The van der Waals surface area contributed by atoms with Crippen LogP contribution in [0.2, 0.25) is 0 Å². The van der Waals surface area contributed by atoms with Crippen molar-refractivity contribution >= 4 is 6.03 Å². The van der Waals surface area contributed by atoms with Gasteiger partial charge in [0.2, 0.25) is 0 Å². The Morgan fingerprint density at radius 1 is 1.12 bits per heavy atom. The molecule has 1 saturated heterocycles. The van der Waals surface area contributed by atoms with E-state index in [-0.39, 0.29) is 11.4 Å². The van der Waals surface area contributed by atoms with Crippen LogP contribution < -0.4 is 10.1 Å². The first kappa shape index (κ1) is 20.6. The first-order chi connectivity index (χ1) is 15.6. The topological polar surface area (TPSA) is 77.2 Å². The van der Waals surface area contributed by atoms with E-state index in [1.807, 2.05) is 59.5 Å². The Bertz CT molecular complexity index is 1090. The number of rotatable bonds is 5. The molecule has 3 aromatic rings. The van der Waals surface area contributed by atoms with E-state index >= 15 is 0 Å². The van der Waals surface area contributed by atoms with Crippen LogP contribution in [0, 0.1) is 0 Å². The number of ether oxygens (including phenoxy) is 1. The minimum atomic E-state index is 0.0331. The number of nitrogens with one attached hydrogen (secondary N) is 1. The average Bonchev–Trinajstić information content (AvgIpc) is 3.52. The van der Waals surface area contributed by atoms with Crippen molar-refractivity contribution in [1.82, 2.24) is 29.5 Å². The second kappa shape index (κ2) is 8.33. The van der Waals surface area contributed by atoms with Crippen molar-refractivity contribution in [3.63, 3.8) is 0 Å². The van der Waals surface area contributed by atoms with Gasteiger partial charge in [-0.25, -0.2) is 9.78 Å². The molecular formula is C24H30N6O2. The summed E-state index contributed by atoms with van der Waals surface area (Å²) in [6.45, 7) is 3.15. The molecule has 0 saturated carbocycles. The molecule has 0 aliphatic carbocycles. The highest BCUT2D eigenvalue weighted by Crippen LogP contribution is 2.44. The first-order valence-corrected chi connectivity index (χ1v) is 11.3. The normalized spacial score (nSPS) is 16.9. The second-order valence-corrected chi connectivity index (χ2v) is 8.87. The number of amides is 2. The van der Waals surface area contributed by atoms with Gasteiger partial charge in [-0.15, -0.1) is 0 Å². The van der Waals surface area contributed by atoms with Crippen LogP contribution in [-0.4, -0.2) is 57.0 Å². The number of likely N-dealkylation sites (tertiary alicyclic amines) is 1. The highest BCUT2D eigenvalue weighted by atomic mass is 16.5. The van der Waals surface area contributed by atoms with Crippen molar-refractivity contribution in [3.05, 3.63) is 54.2 Å². The number of methoxy groups -OCH3 is 1. The number of benzene rings is 1. The minimum absolute atomic E-state index is 0.0331. The van der Waals surface area contributed by atoms with Crippen molar-refractivity contribution in [3.8, 4) is 17.0 Å². The van der Waals surface area contributed by atoms with Crippen molar-refractivity contribution in [2.45, 2.75) is 37.6 Å². The highest BCUT2D eigenvalue weighted by Gasteiger charge is 2.44. The maximum Gasteiger partial charge on any atom is 0.317 e. The molecule has 0 atom stereocenters. The fourth-order valence-electron chi connectivity index (χ4n) is 5.08. The van der Waals surface area contributed by atoms with Crippen molar-refractivity contribution in [2.24, 2.45) is 7.05 Å². The molecule has 0 bridgehead atoms. The molecule has 1 aromatic carbocycles. The van der Waals surface area contributed by atoms with Gasteiger partial charge in [-0.05, 0) is 43.4 Å². The zero-order valence-electron chi connectivity index (χ0n) is 18.8. The monoisotopic (exact) mass is 434 g/mol. The lowest BCUT2D eigenvalue weighted by Gasteiger charge is -2.38. The van der Waals surface area contributed by atoms with Crippen molar-refractivity contribution < 1.29 is 9.53 Å². The van der Waals surface area contributed by atoms with Crippen molar-refractivity contribution in [2.75, 3.05) is 26.7 Å². The van der Waals surface area contributed by atoms with Crippen molar-refractivity contribution in [1.29, 1.82) is 0 Å². The molecule has 168 valence electrons. The van der Waals surface area contributed by atoms with Crippen LogP contribution >= 0.6 is 0 Å². The van der Waals surface area contributed by atoms with E-state index in [0.29, 0.717) is 6.54 Å². The third-order valence-electron chi connectivity index (χ3n) is 7.00. The molecule has 0 unspecified atom stereocenters. The zero-order valence-corrected chi connectivity index (χ0v) is 18.8. The SMILES string of the molecule is COc1ccc(CCNC(=O)N2CCC3(CC2)CCn2c(-c4cnn(C)c4)cnc23)cc1. The van der Waals surface area contributed by atoms with Crippen LogP contribution in [0.3, 0.4) is 0 Å². The Hall–Kier alpha value is -3.29. The van der Waals surface area contributed by atoms with Gasteiger partial charge in [-0.1, -0.05) is 12.1 Å². The number of hydrogen-bond donors (Lipinski definition) is 1. The Morgan fingerprint density at radius 2 is 1.88 bits per heavy atom. The van der Waals surface area contributed by atoms with Gasteiger partial charge < -0.3 is 19.5 Å². The zero-order chi connectivity index (χ0) is 22.1. The molecule has 4 heterocycles. The predicted octanol–water partition coefficient (Wildman–Crippen LogP) is 2.98. The number of hydrogen-bond acceptors (Lipinski definition) is 4. The number of fused-ring (bicyclic) bond motifs is 2. The molecule has 2 amide bonds. The lowest BCUT2D eigenvalue weighted by molar-refractivity contribution is 0.156. The molecular weight excluding hydrogens is 404 g/mol. The Labute approximate surface area is 188 Å². The average molecular weight is 435 g/mol. The van der Waals surface area contributed by atoms with E-state index in [9.17, 15) is 4.79 Å². The minimum Gasteiger partial charge on any atom is -0.497 e. The van der Waals surface area contributed by atoms with E-state index in [0.717, 1.165) is 62.3 Å². The number of nitrogens with zero attached hydrogens (tertiary/aromatic N) is 5. The third kappa shape index (κ3) is 3.74. The summed E-state index contributed by atoms with van der Waals surface area (Å²) in [5.74, 6) is 2.02. The van der Waals surface area contributed by atoms with E-state index < -0.39 is 0 Å². The van der Waals surface area contributed by atoms with Crippen LogP contribution in [0.1, 0.15) is 30.7 Å². The number of carbonyl (C=O) groups excluding carboxylic acids is 1. The summed E-state index contributed by atoms with van der Waals surface area (Å²) in [5, 5.41) is 7.38. The van der Waals surface area contributed by atoms with Crippen LogP contribution in [0.5, 0.6) is 5.75 Å². The Balaban J connectivity index is 1.16. The maximum absolute atomic E-state index is 12.7. The first-order valence-electron chi connectivity index (χ1n) is 11.3. The molecule has 2 aromatic heterocycles. The molecule has 1 N–H and O–H groups in total. The van der Waals surface area contributed by atoms with Crippen LogP contribution in [0.15, 0.2) is 42.9 Å². The fraction of sp³-hybridized carbons (Fsp3) is 0.458. The molecule has 1 spiro atoms.